The van der Waals surface area contributed by atoms with E-state index in [4.69, 9.17) is 14.2 Å². The minimum absolute atomic E-state index is 0.0161. The van der Waals surface area contributed by atoms with Gasteiger partial charge in [-0.05, 0) is 29.0 Å². The molecule has 4 rings (SSSR count). The predicted molar refractivity (Wildman–Crippen MR) is 129 cm³/mol. The molecular formula is C25H26N2O5S. The van der Waals surface area contributed by atoms with Crippen molar-refractivity contribution in [2.45, 2.75) is 33.0 Å². The molecule has 1 N–H and O–H groups in total. The molecule has 0 aliphatic carbocycles. The second-order valence-corrected chi connectivity index (χ2v) is 8.58. The summed E-state index contributed by atoms with van der Waals surface area (Å²) in [6, 6.07) is 19.8. The van der Waals surface area contributed by atoms with Crippen LogP contribution in [0.3, 0.4) is 0 Å². The number of nitrogens with zero attached hydrogens (tertiary/aromatic N) is 1. The van der Waals surface area contributed by atoms with Crippen molar-refractivity contribution in [3.8, 4) is 0 Å². The van der Waals surface area contributed by atoms with Gasteiger partial charge in [0.1, 0.15) is 17.5 Å². The molecule has 0 fully saturated rings. The van der Waals surface area contributed by atoms with Crippen LogP contribution in [-0.2, 0) is 34.2 Å². The SMILES string of the molecule is Cc1csc2c(=O)[nH]c(=O)n(COC(COCc3ccccc3)COCc3ccccc3)c12. The van der Waals surface area contributed by atoms with Gasteiger partial charge >= 0.3 is 5.69 Å². The van der Waals surface area contributed by atoms with Gasteiger partial charge in [0.2, 0.25) is 0 Å². The van der Waals surface area contributed by atoms with Crippen LogP contribution in [0.5, 0.6) is 0 Å². The van der Waals surface area contributed by atoms with Crippen molar-refractivity contribution in [1.82, 2.24) is 9.55 Å². The van der Waals surface area contributed by atoms with E-state index < -0.39 is 11.8 Å². The van der Waals surface area contributed by atoms with E-state index >= 15 is 0 Å². The Morgan fingerprint density at radius 3 is 2.06 bits per heavy atom. The minimum atomic E-state index is -0.497. The third-order valence-corrected chi connectivity index (χ3v) is 6.24. The summed E-state index contributed by atoms with van der Waals surface area (Å²) in [4.78, 5) is 27.0. The van der Waals surface area contributed by atoms with Crippen molar-refractivity contribution in [2.24, 2.45) is 0 Å². The highest BCUT2D eigenvalue weighted by Crippen LogP contribution is 2.20. The summed E-state index contributed by atoms with van der Waals surface area (Å²) >= 11 is 1.31. The van der Waals surface area contributed by atoms with Gasteiger partial charge in [-0.2, -0.15) is 0 Å². The molecule has 0 unspecified atom stereocenters. The summed E-state index contributed by atoms with van der Waals surface area (Å²) in [5.41, 5.74) is 2.71. The molecule has 0 spiro atoms. The summed E-state index contributed by atoms with van der Waals surface area (Å²) in [5.74, 6) is 0. The number of hydrogen-bond acceptors (Lipinski definition) is 6. The van der Waals surface area contributed by atoms with Crippen molar-refractivity contribution in [1.29, 1.82) is 0 Å². The Morgan fingerprint density at radius 2 is 1.48 bits per heavy atom. The Kier molecular flexibility index (Phi) is 7.85. The molecule has 4 aromatic rings. The Bertz CT molecular complexity index is 1240. The number of fused-ring (bicyclic) bond motifs is 1. The fourth-order valence-corrected chi connectivity index (χ4v) is 4.42. The summed E-state index contributed by atoms with van der Waals surface area (Å²) < 4.78 is 19.7. The van der Waals surface area contributed by atoms with Gasteiger partial charge in [-0.15, -0.1) is 11.3 Å². The fourth-order valence-electron chi connectivity index (χ4n) is 3.47. The number of thiophene rings is 1. The third kappa shape index (κ3) is 6.06. The lowest BCUT2D eigenvalue weighted by atomic mass is 10.2. The largest absolute Gasteiger partial charge is 0.374 e. The van der Waals surface area contributed by atoms with E-state index in [1.807, 2.05) is 73.0 Å². The lowest BCUT2D eigenvalue weighted by Crippen LogP contribution is -2.33. The fraction of sp³-hybridized carbons (Fsp3) is 0.280. The van der Waals surface area contributed by atoms with Crippen LogP contribution < -0.4 is 11.2 Å². The third-order valence-electron chi connectivity index (χ3n) is 5.15. The first-order valence-electron chi connectivity index (χ1n) is 10.7. The molecule has 0 aliphatic heterocycles. The van der Waals surface area contributed by atoms with Gasteiger partial charge in [-0.25, -0.2) is 4.79 Å². The van der Waals surface area contributed by atoms with Crippen LogP contribution in [0.15, 0.2) is 75.6 Å². The number of hydrogen-bond donors (Lipinski definition) is 1. The zero-order valence-corrected chi connectivity index (χ0v) is 19.2. The molecule has 7 nitrogen and oxygen atoms in total. The van der Waals surface area contributed by atoms with Gasteiger partial charge in [0.15, 0.2) is 0 Å². The average Bonchev–Trinajstić information content (AvgIpc) is 3.22. The lowest BCUT2D eigenvalue weighted by molar-refractivity contribution is -0.0873. The maximum absolute atomic E-state index is 12.5. The zero-order valence-electron chi connectivity index (χ0n) is 18.4. The zero-order chi connectivity index (χ0) is 23.0. The van der Waals surface area contributed by atoms with Crippen molar-refractivity contribution in [3.63, 3.8) is 0 Å². The summed E-state index contributed by atoms with van der Waals surface area (Å²) in [5, 5.41) is 1.86. The topological polar surface area (TPSA) is 82.6 Å². The molecule has 0 atom stereocenters. The second-order valence-electron chi connectivity index (χ2n) is 7.70. The van der Waals surface area contributed by atoms with Crippen LogP contribution in [0.2, 0.25) is 0 Å². The van der Waals surface area contributed by atoms with E-state index in [0.717, 1.165) is 16.7 Å². The highest BCUT2D eigenvalue weighted by atomic mass is 32.1. The van der Waals surface area contributed by atoms with Crippen molar-refractivity contribution in [2.75, 3.05) is 13.2 Å². The van der Waals surface area contributed by atoms with Gasteiger partial charge < -0.3 is 14.2 Å². The maximum atomic E-state index is 12.5. The Hall–Kier alpha value is -3.04. The number of nitrogens with one attached hydrogen (secondary N) is 1. The molecule has 2 heterocycles. The van der Waals surface area contributed by atoms with Gasteiger partial charge in [0.25, 0.3) is 5.56 Å². The van der Waals surface area contributed by atoms with Gasteiger partial charge in [0, 0.05) is 0 Å². The lowest BCUT2D eigenvalue weighted by Gasteiger charge is -2.19. The van der Waals surface area contributed by atoms with Crippen LogP contribution in [-0.4, -0.2) is 28.9 Å². The van der Waals surface area contributed by atoms with Crippen LogP contribution in [0.4, 0.5) is 0 Å². The van der Waals surface area contributed by atoms with Crippen molar-refractivity contribution in [3.05, 3.63) is 104 Å². The van der Waals surface area contributed by atoms with Crippen LogP contribution in [0.1, 0.15) is 16.7 Å². The smallest absolute Gasteiger partial charge is 0.330 e. The number of benzene rings is 2. The first-order valence-corrected chi connectivity index (χ1v) is 11.6. The number of H-pyrrole nitrogens is 1. The molecule has 2 aromatic carbocycles. The number of aryl methyl sites for hydroxylation is 1. The highest BCUT2D eigenvalue weighted by Gasteiger charge is 2.15. The van der Waals surface area contributed by atoms with Crippen LogP contribution in [0, 0.1) is 6.92 Å². The van der Waals surface area contributed by atoms with Crippen molar-refractivity contribution >= 4 is 21.6 Å². The van der Waals surface area contributed by atoms with Gasteiger partial charge in [-0.1, -0.05) is 60.7 Å². The van der Waals surface area contributed by atoms with E-state index in [2.05, 4.69) is 4.98 Å². The molecule has 8 heteroatoms. The molecule has 0 aliphatic rings. The molecule has 0 bridgehead atoms. The van der Waals surface area contributed by atoms with Gasteiger partial charge in [-0.3, -0.25) is 14.3 Å². The minimum Gasteiger partial charge on any atom is -0.374 e. The average molecular weight is 467 g/mol. The molecule has 0 radical (unpaired) electrons. The van der Waals surface area contributed by atoms with Crippen LogP contribution in [0.25, 0.3) is 10.2 Å². The second kappa shape index (κ2) is 11.2. The van der Waals surface area contributed by atoms with E-state index in [-0.39, 0.29) is 12.3 Å². The molecule has 172 valence electrons. The van der Waals surface area contributed by atoms with Gasteiger partial charge in [0.05, 0.1) is 31.9 Å². The Balaban J connectivity index is 1.43. The van der Waals surface area contributed by atoms with E-state index in [1.54, 1.807) is 0 Å². The number of aromatic nitrogens is 2. The quantitative estimate of drug-likeness (QED) is 0.363. The Morgan fingerprint density at radius 1 is 0.909 bits per heavy atom. The molecule has 33 heavy (non-hydrogen) atoms. The monoisotopic (exact) mass is 466 g/mol. The first kappa shape index (κ1) is 23.1. The predicted octanol–water partition coefficient (Wildman–Crippen LogP) is 3.84. The number of ether oxygens (including phenoxy) is 3. The molecule has 2 aromatic heterocycles. The standard InChI is InChI=1S/C25H26N2O5S/c1-18-16-33-23-22(18)27(25(29)26-24(23)28)17-32-21(14-30-12-19-8-4-2-5-9-19)15-31-13-20-10-6-3-7-11-20/h2-11,16,21H,12-15,17H2,1H3,(H,26,28,29). The molecular weight excluding hydrogens is 440 g/mol. The summed E-state index contributed by atoms with van der Waals surface area (Å²) in [6.07, 6.45) is -0.398. The summed E-state index contributed by atoms with van der Waals surface area (Å²) in [7, 11) is 0. The Labute approximate surface area is 195 Å². The first-order chi connectivity index (χ1) is 16.1. The molecule has 0 amide bonds. The molecule has 0 saturated carbocycles. The van der Waals surface area contributed by atoms with E-state index in [1.165, 1.54) is 15.9 Å². The van der Waals surface area contributed by atoms with Crippen molar-refractivity contribution < 1.29 is 14.2 Å². The molecule has 0 saturated heterocycles. The number of rotatable bonds is 11. The normalized spacial score (nSPS) is 11.5. The summed E-state index contributed by atoms with van der Waals surface area (Å²) in [6.45, 7) is 3.36. The maximum Gasteiger partial charge on any atom is 0.330 e. The van der Waals surface area contributed by atoms with Crippen LogP contribution >= 0.6 is 11.3 Å². The van der Waals surface area contributed by atoms with E-state index in [9.17, 15) is 9.59 Å². The number of aromatic amines is 1. The van der Waals surface area contributed by atoms with E-state index in [0.29, 0.717) is 36.6 Å². The highest BCUT2D eigenvalue weighted by molar-refractivity contribution is 7.17.